The molecule has 2 saturated heterocycles. The molecule has 0 spiro atoms. The van der Waals surface area contributed by atoms with Crippen molar-refractivity contribution in [1.29, 1.82) is 5.26 Å². The molecule has 2 aliphatic rings. The molecule has 1 N–H and O–H groups in total. The van der Waals surface area contributed by atoms with Gasteiger partial charge in [-0.25, -0.2) is 0 Å². The normalized spacial score (nSPS) is 24.1. The maximum absolute atomic E-state index is 9.59. The Bertz CT molecular complexity index is 377. The molecule has 0 aromatic carbocycles. The second kappa shape index (κ2) is 7.74. The van der Waals surface area contributed by atoms with Gasteiger partial charge in [-0.2, -0.15) is 5.26 Å². The molecule has 5 nitrogen and oxygen atoms in total. The van der Waals surface area contributed by atoms with E-state index in [2.05, 4.69) is 42.0 Å². The fourth-order valence-electron chi connectivity index (χ4n) is 3.48. The molecule has 0 aromatic heterocycles. The summed E-state index contributed by atoms with van der Waals surface area (Å²) in [6, 6.07) is 2.54. The second-order valence-corrected chi connectivity index (χ2v) is 7.72. The van der Waals surface area contributed by atoms with Crippen LogP contribution in [0.5, 0.6) is 0 Å². The summed E-state index contributed by atoms with van der Waals surface area (Å²) >= 11 is 0. The zero-order valence-electron chi connectivity index (χ0n) is 14.5. The molecule has 0 aliphatic carbocycles. The van der Waals surface area contributed by atoms with Crippen LogP contribution in [-0.4, -0.2) is 73.4 Å². The number of nitriles is 1. The molecule has 2 aliphatic heterocycles. The molecular weight excluding hydrogens is 276 g/mol. The van der Waals surface area contributed by atoms with Crippen LogP contribution in [0.1, 0.15) is 41.5 Å². The highest BCUT2D eigenvalue weighted by molar-refractivity contribution is 5.11. The molecule has 2 rings (SSSR count). The molecule has 2 fully saturated rings. The van der Waals surface area contributed by atoms with Gasteiger partial charge in [-0.05, 0) is 53.1 Å². The molecule has 0 aromatic rings. The van der Waals surface area contributed by atoms with Crippen molar-refractivity contribution in [2.75, 3.05) is 52.5 Å². The standard InChI is InChI=1S/C17H32N4O.H2/c1-16(2,3)19-17(15-18)5-9-20(10-6-17)7-4-8-21-11-13-22-14-12-21;/h19H,4-14H2,1-3H3;1H. The Kier molecular flexibility index (Phi) is 6.22. The molecular formula is C17H34N4O. The quantitative estimate of drug-likeness (QED) is 0.837. The summed E-state index contributed by atoms with van der Waals surface area (Å²) in [6.07, 6.45) is 3.07. The topological polar surface area (TPSA) is 51.5 Å². The number of hydrogen-bond donors (Lipinski definition) is 1. The fraction of sp³-hybridized carbons (Fsp3) is 0.941. The SMILES string of the molecule is CC(C)(C)NC1(C#N)CCN(CCCN2CCOCC2)CC1.[HH]. The van der Waals surface area contributed by atoms with Gasteiger partial charge in [0.25, 0.3) is 0 Å². The van der Waals surface area contributed by atoms with E-state index in [4.69, 9.17) is 4.74 Å². The molecule has 0 bridgehead atoms. The number of nitrogens with one attached hydrogen (secondary N) is 1. The van der Waals surface area contributed by atoms with E-state index in [0.717, 1.165) is 58.8 Å². The average molecular weight is 310 g/mol. The van der Waals surface area contributed by atoms with Crippen LogP contribution in [-0.2, 0) is 4.74 Å². The minimum absolute atomic E-state index is 0. The third-order valence-electron chi connectivity index (χ3n) is 4.59. The van der Waals surface area contributed by atoms with Gasteiger partial charge >= 0.3 is 0 Å². The van der Waals surface area contributed by atoms with Crippen molar-refractivity contribution >= 4 is 0 Å². The zero-order valence-corrected chi connectivity index (χ0v) is 14.5. The number of hydrogen-bond acceptors (Lipinski definition) is 5. The number of likely N-dealkylation sites (tertiary alicyclic amines) is 1. The number of piperidine rings is 1. The lowest BCUT2D eigenvalue weighted by molar-refractivity contribution is 0.0353. The zero-order chi connectivity index (χ0) is 16.1. The lowest BCUT2D eigenvalue weighted by atomic mass is 9.86. The highest BCUT2D eigenvalue weighted by Gasteiger charge is 2.37. The highest BCUT2D eigenvalue weighted by Crippen LogP contribution is 2.24. The van der Waals surface area contributed by atoms with Crippen molar-refractivity contribution in [3.05, 3.63) is 0 Å². The first-order valence-electron chi connectivity index (χ1n) is 8.66. The van der Waals surface area contributed by atoms with Crippen LogP contribution in [0.3, 0.4) is 0 Å². The van der Waals surface area contributed by atoms with Gasteiger partial charge in [0.1, 0.15) is 5.54 Å². The van der Waals surface area contributed by atoms with Crippen molar-refractivity contribution in [2.45, 2.75) is 51.1 Å². The van der Waals surface area contributed by atoms with Gasteiger partial charge in [-0.1, -0.05) is 0 Å². The van der Waals surface area contributed by atoms with Gasteiger partial charge < -0.3 is 9.64 Å². The molecule has 0 radical (unpaired) electrons. The Morgan fingerprint density at radius 1 is 1.09 bits per heavy atom. The molecule has 0 amide bonds. The van der Waals surface area contributed by atoms with Crippen LogP contribution in [0.4, 0.5) is 0 Å². The maximum atomic E-state index is 9.59. The Labute approximate surface area is 137 Å². The number of rotatable bonds is 5. The first-order valence-corrected chi connectivity index (χ1v) is 8.66. The average Bonchev–Trinajstić information content (AvgIpc) is 2.49. The molecule has 0 unspecified atom stereocenters. The number of ether oxygens (including phenoxy) is 1. The van der Waals surface area contributed by atoms with E-state index in [9.17, 15) is 5.26 Å². The third kappa shape index (κ3) is 5.51. The van der Waals surface area contributed by atoms with Crippen LogP contribution in [0.15, 0.2) is 0 Å². The van der Waals surface area contributed by atoms with E-state index in [0.29, 0.717) is 0 Å². The van der Waals surface area contributed by atoms with E-state index in [1.807, 2.05) is 0 Å². The minimum Gasteiger partial charge on any atom is -0.379 e. The van der Waals surface area contributed by atoms with Crippen molar-refractivity contribution in [1.82, 2.24) is 15.1 Å². The number of morpholine rings is 1. The van der Waals surface area contributed by atoms with Crippen LogP contribution < -0.4 is 5.32 Å². The van der Waals surface area contributed by atoms with Crippen LogP contribution >= 0.6 is 0 Å². The van der Waals surface area contributed by atoms with Gasteiger partial charge in [0.15, 0.2) is 0 Å². The lowest BCUT2D eigenvalue weighted by Gasteiger charge is -2.42. The summed E-state index contributed by atoms with van der Waals surface area (Å²) in [5, 5.41) is 13.1. The predicted molar refractivity (Wildman–Crippen MR) is 90.9 cm³/mol. The first-order chi connectivity index (χ1) is 10.4. The smallest absolute Gasteiger partial charge is 0.109 e. The predicted octanol–water partition coefficient (Wildman–Crippen LogP) is 1.70. The molecule has 2 heterocycles. The molecule has 5 heteroatoms. The van der Waals surface area contributed by atoms with Crippen molar-refractivity contribution in [2.24, 2.45) is 0 Å². The Hall–Kier alpha value is -0.670. The van der Waals surface area contributed by atoms with Gasteiger partial charge in [-0.15, -0.1) is 0 Å². The van der Waals surface area contributed by atoms with Gasteiger partial charge in [0.05, 0.1) is 19.3 Å². The Balaban J connectivity index is 0.00000264. The van der Waals surface area contributed by atoms with E-state index in [-0.39, 0.29) is 12.5 Å². The lowest BCUT2D eigenvalue weighted by Crippen LogP contribution is -2.58. The van der Waals surface area contributed by atoms with Crippen LogP contribution in [0.2, 0.25) is 0 Å². The van der Waals surface area contributed by atoms with Crippen LogP contribution in [0, 0.1) is 11.3 Å². The van der Waals surface area contributed by atoms with Gasteiger partial charge in [-0.3, -0.25) is 10.2 Å². The highest BCUT2D eigenvalue weighted by atomic mass is 16.5. The number of nitrogens with zero attached hydrogens (tertiary/aromatic N) is 3. The van der Waals surface area contributed by atoms with Crippen LogP contribution in [0.25, 0.3) is 0 Å². The van der Waals surface area contributed by atoms with E-state index in [1.165, 1.54) is 13.0 Å². The van der Waals surface area contributed by atoms with Crippen molar-refractivity contribution < 1.29 is 6.16 Å². The maximum Gasteiger partial charge on any atom is 0.109 e. The largest absolute Gasteiger partial charge is 0.379 e. The Morgan fingerprint density at radius 2 is 1.64 bits per heavy atom. The third-order valence-corrected chi connectivity index (χ3v) is 4.59. The first kappa shape index (κ1) is 17.7. The molecule has 0 atom stereocenters. The molecule has 22 heavy (non-hydrogen) atoms. The summed E-state index contributed by atoms with van der Waals surface area (Å²) in [5.74, 6) is 0. The summed E-state index contributed by atoms with van der Waals surface area (Å²) < 4.78 is 5.38. The van der Waals surface area contributed by atoms with E-state index < -0.39 is 0 Å². The fourth-order valence-corrected chi connectivity index (χ4v) is 3.48. The minimum atomic E-state index is -0.334. The van der Waals surface area contributed by atoms with Crippen molar-refractivity contribution in [3.8, 4) is 6.07 Å². The summed E-state index contributed by atoms with van der Waals surface area (Å²) in [6.45, 7) is 14.7. The Morgan fingerprint density at radius 3 is 2.14 bits per heavy atom. The molecule has 0 saturated carbocycles. The second-order valence-electron chi connectivity index (χ2n) is 7.72. The van der Waals surface area contributed by atoms with E-state index in [1.54, 1.807) is 0 Å². The van der Waals surface area contributed by atoms with Gasteiger partial charge in [0.2, 0.25) is 0 Å². The summed E-state index contributed by atoms with van der Waals surface area (Å²) in [7, 11) is 0. The molecule has 128 valence electrons. The van der Waals surface area contributed by atoms with Crippen molar-refractivity contribution in [3.63, 3.8) is 0 Å². The monoisotopic (exact) mass is 310 g/mol. The summed E-state index contributed by atoms with van der Waals surface area (Å²) in [5.41, 5.74) is -0.340. The summed E-state index contributed by atoms with van der Waals surface area (Å²) in [4.78, 5) is 5.01. The van der Waals surface area contributed by atoms with E-state index >= 15 is 0 Å². The van der Waals surface area contributed by atoms with Gasteiger partial charge in [0, 0.05) is 33.1 Å².